The van der Waals surface area contributed by atoms with Crippen LogP contribution in [-0.2, 0) is 6.42 Å². The quantitative estimate of drug-likeness (QED) is 0.779. The summed E-state index contributed by atoms with van der Waals surface area (Å²) in [5.41, 5.74) is 3.02. The molecule has 0 saturated carbocycles. The molecule has 1 N–H and O–H groups in total. The molecule has 1 fully saturated rings. The third kappa shape index (κ3) is 2.40. The van der Waals surface area contributed by atoms with Crippen LogP contribution >= 0.6 is 0 Å². The summed E-state index contributed by atoms with van der Waals surface area (Å²) in [4.78, 5) is 0. The number of piperidine rings is 1. The van der Waals surface area contributed by atoms with E-state index < -0.39 is 0 Å². The predicted octanol–water partition coefficient (Wildman–Crippen LogP) is 2.96. The van der Waals surface area contributed by atoms with E-state index in [9.17, 15) is 0 Å². The fraction of sp³-hybridized carbons (Fsp3) is 0.571. The van der Waals surface area contributed by atoms with Crippen molar-refractivity contribution in [2.75, 3.05) is 13.1 Å². The van der Waals surface area contributed by atoms with Gasteiger partial charge in [-0.1, -0.05) is 38.1 Å². The summed E-state index contributed by atoms with van der Waals surface area (Å²) in [5.74, 6) is 1.53. The Kier molecular flexibility index (Phi) is 3.42. The maximum absolute atomic E-state index is 3.46. The van der Waals surface area contributed by atoms with E-state index in [2.05, 4.69) is 43.4 Å². The second-order valence-corrected chi connectivity index (χ2v) is 4.68. The molecule has 1 saturated heterocycles. The monoisotopic (exact) mass is 203 g/mol. The molecule has 2 unspecified atom stereocenters. The van der Waals surface area contributed by atoms with Crippen LogP contribution in [0.3, 0.4) is 0 Å². The van der Waals surface area contributed by atoms with Gasteiger partial charge in [0.25, 0.3) is 0 Å². The van der Waals surface area contributed by atoms with Crippen LogP contribution in [0, 0.1) is 5.92 Å². The van der Waals surface area contributed by atoms with E-state index in [-0.39, 0.29) is 0 Å². The Balaban J connectivity index is 2.19. The first-order valence-corrected chi connectivity index (χ1v) is 6.10. The third-order valence-electron chi connectivity index (χ3n) is 3.57. The second kappa shape index (κ2) is 4.80. The molecule has 0 amide bonds. The van der Waals surface area contributed by atoms with Gasteiger partial charge in [-0.25, -0.2) is 0 Å². The van der Waals surface area contributed by atoms with Crippen LogP contribution in [0.25, 0.3) is 0 Å². The molecule has 2 rings (SSSR count). The topological polar surface area (TPSA) is 12.0 Å². The van der Waals surface area contributed by atoms with Gasteiger partial charge in [0, 0.05) is 0 Å². The molecule has 0 bridgehead atoms. The number of nitrogens with one attached hydrogen (secondary N) is 1. The molecular formula is C14H21N. The minimum absolute atomic E-state index is 0.762. The van der Waals surface area contributed by atoms with Crippen LogP contribution in [-0.4, -0.2) is 13.1 Å². The van der Waals surface area contributed by atoms with Crippen LogP contribution in [0.15, 0.2) is 24.3 Å². The SMILES string of the molecule is CCc1cccc(C2CCNCC2C)c1. The number of aryl methyl sites for hydroxylation is 1. The predicted molar refractivity (Wildman–Crippen MR) is 65.2 cm³/mol. The van der Waals surface area contributed by atoms with E-state index in [1.165, 1.54) is 25.1 Å². The zero-order valence-corrected chi connectivity index (χ0v) is 9.79. The van der Waals surface area contributed by atoms with Crippen molar-refractivity contribution in [3.8, 4) is 0 Å². The van der Waals surface area contributed by atoms with E-state index in [0.29, 0.717) is 0 Å². The van der Waals surface area contributed by atoms with Gasteiger partial charge in [0.05, 0.1) is 0 Å². The number of rotatable bonds is 2. The fourth-order valence-electron chi connectivity index (χ4n) is 2.55. The summed E-state index contributed by atoms with van der Waals surface area (Å²) in [5, 5.41) is 3.46. The molecule has 1 aromatic rings. The lowest BCUT2D eigenvalue weighted by molar-refractivity contribution is 0.349. The Bertz CT molecular complexity index is 319. The summed E-state index contributed by atoms with van der Waals surface area (Å²) in [6.45, 7) is 6.92. The van der Waals surface area contributed by atoms with Gasteiger partial charge in [0.15, 0.2) is 0 Å². The summed E-state index contributed by atoms with van der Waals surface area (Å²) >= 11 is 0. The molecule has 1 aliphatic heterocycles. The van der Waals surface area contributed by atoms with Gasteiger partial charge in [0.2, 0.25) is 0 Å². The van der Waals surface area contributed by atoms with Gasteiger partial charge in [-0.15, -0.1) is 0 Å². The Hall–Kier alpha value is -0.820. The van der Waals surface area contributed by atoms with Gasteiger partial charge in [-0.2, -0.15) is 0 Å². The smallest absolute Gasteiger partial charge is 0.00173 e. The molecule has 1 nitrogen and oxygen atoms in total. The van der Waals surface area contributed by atoms with Gasteiger partial charge in [-0.3, -0.25) is 0 Å². The molecular weight excluding hydrogens is 182 g/mol. The highest BCUT2D eigenvalue weighted by Crippen LogP contribution is 2.30. The first kappa shape index (κ1) is 10.7. The first-order chi connectivity index (χ1) is 7.31. The average molecular weight is 203 g/mol. The van der Waals surface area contributed by atoms with Gasteiger partial charge >= 0.3 is 0 Å². The van der Waals surface area contributed by atoms with Crippen molar-refractivity contribution >= 4 is 0 Å². The standard InChI is InChI=1S/C14H21N/c1-3-12-5-4-6-13(9-12)14-7-8-15-10-11(14)2/h4-6,9,11,14-15H,3,7-8,10H2,1-2H3. The molecule has 2 atom stereocenters. The molecule has 15 heavy (non-hydrogen) atoms. The van der Waals surface area contributed by atoms with E-state index in [1.807, 2.05) is 0 Å². The van der Waals surface area contributed by atoms with E-state index >= 15 is 0 Å². The Labute approximate surface area is 92.9 Å². The van der Waals surface area contributed by atoms with Crippen molar-refractivity contribution in [1.29, 1.82) is 0 Å². The Morgan fingerprint density at radius 3 is 3.00 bits per heavy atom. The Morgan fingerprint density at radius 2 is 2.27 bits per heavy atom. The van der Waals surface area contributed by atoms with Crippen LogP contribution in [0.2, 0.25) is 0 Å². The van der Waals surface area contributed by atoms with Crippen molar-refractivity contribution in [3.05, 3.63) is 35.4 Å². The number of benzene rings is 1. The van der Waals surface area contributed by atoms with Crippen LogP contribution in [0.4, 0.5) is 0 Å². The highest BCUT2D eigenvalue weighted by molar-refractivity contribution is 5.27. The van der Waals surface area contributed by atoms with Crippen molar-refractivity contribution in [2.24, 2.45) is 5.92 Å². The molecule has 1 aliphatic rings. The fourth-order valence-corrected chi connectivity index (χ4v) is 2.55. The summed E-state index contributed by atoms with van der Waals surface area (Å²) in [7, 11) is 0. The molecule has 82 valence electrons. The van der Waals surface area contributed by atoms with Crippen LogP contribution in [0.1, 0.15) is 37.3 Å². The van der Waals surface area contributed by atoms with Crippen molar-refractivity contribution in [1.82, 2.24) is 5.32 Å². The number of hydrogen-bond donors (Lipinski definition) is 1. The molecule has 0 radical (unpaired) electrons. The number of hydrogen-bond acceptors (Lipinski definition) is 1. The third-order valence-corrected chi connectivity index (χ3v) is 3.57. The molecule has 0 aliphatic carbocycles. The highest BCUT2D eigenvalue weighted by Gasteiger charge is 2.22. The molecule has 1 heterocycles. The minimum Gasteiger partial charge on any atom is -0.316 e. The lowest BCUT2D eigenvalue weighted by atomic mass is 9.82. The second-order valence-electron chi connectivity index (χ2n) is 4.68. The minimum atomic E-state index is 0.762. The van der Waals surface area contributed by atoms with Crippen LogP contribution < -0.4 is 5.32 Å². The Morgan fingerprint density at radius 1 is 1.40 bits per heavy atom. The molecule has 0 aromatic heterocycles. The molecule has 0 spiro atoms. The normalized spacial score (nSPS) is 26.5. The average Bonchev–Trinajstić information content (AvgIpc) is 2.30. The van der Waals surface area contributed by atoms with E-state index in [4.69, 9.17) is 0 Å². The maximum Gasteiger partial charge on any atom is -0.00173 e. The lowest BCUT2D eigenvalue weighted by Crippen LogP contribution is -2.33. The van der Waals surface area contributed by atoms with Crippen molar-refractivity contribution < 1.29 is 0 Å². The molecule has 1 aromatic carbocycles. The van der Waals surface area contributed by atoms with Gasteiger partial charge in [-0.05, 0) is 48.9 Å². The summed E-state index contributed by atoms with van der Waals surface area (Å²) < 4.78 is 0. The lowest BCUT2D eigenvalue weighted by Gasteiger charge is -2.30. The van der Waals surface area contributed by atoms with Crippen molar-refractivity contribution in [2.45, 2.75) is 32.6 Å². The van der Waals surface area contributed by atoms with Crippen molar-refractivity contribution in [3.63, 3.8) is 0 Å². The zero-order valence-electron chi connectivity index (χ0n) is 9.79. The largest absolute Gasteiger partial charge is 0.316 e. The van der Waals surface area contributed by atoms with Crippen LogP contribution in [0.5, 0.6) is 0 Å². The zero-order chi connectivity index (χ0) is 10.7. The summed E-state index contributed by atoms with van der Waals surface area (Å²) in [6, 6.07) is 9.14. The maximum atomic E-state index is 3.46. The van der Waals surface area contributed by atoms with Gasteiger partial charge < -0.3 is 5.32 Å². The highest BCUT2D eigenvalue weighted by atomic mass is 14.9. The first-order valence-electron chi connectivity index (χ1n) is 6.10. The van der Waals surface area contributed by atoms with Gasteiger partial charge in [0.1, 0.15) is 0 Å². The van der Waals surface area contributed by atoms with E-state index in [1.54, 1.807) is 5.56 Å². The summed E-state index contributed by atoms with van der Waals surface area (Å²) in [6.07, 6.45) is 2.43. The molecule has 1 heteroatoms. The van der Waals surface area contributed by atoms with E-state index in [0.717, 1.165) is 18.3 Å².